The van der Waals surface area contributed by atoms with Crippen molar-refractivity contribution in [3.63, 3.8) is 0 Å². The SMILES string of the molecule is Cc1nnc(S/C(=C/c2ccc(N3CCCC3)cc2C)C(=O)[O-])o1. The van der Waals surface area contributed by atoms with Gasteiger partial charge in [-0.3, -0.25) is 0 Å². The lowest BCUT2D eigenvalue weighted by molar-refractivity contribution is -0.298. The topological polar surface area (TPSA) is 82.3 Å². The molecule has 0 atom stereocenters. The normalized spacial score (nSPS) is 15.1. The molecule has 0 bridgehead atoms. The molecule has 1 saturated heterocycles. The Bertz CT molecular complexity index is 779. The van der Waals surface area contributed by atoms with Crippen LogP contribution >= 0.6 is 11.8 Å². The quantitative estimate of drug-likeness (QED) is 0.607. The van der Waals surface area contributed by atoms with Crippen molar-refractivity contribution in [2.75, 3.05) is 18.0 Å². The molecule has 7 heteroatoms. The zero-order valence-electron chi connectivity index (χ0n) is 13.6. The Morgan fingerprint density at radius 1 is 1.29 bits per heavy atom. The molecular weight excluding hydrogens is 326 g/mol. The van der Waals surface area contributed by atoms with E-state index in [4.69, 9.17) is 4.42 Å². The number of rotatable bonds is 5. The van der Waals surface area contributed by atoms with Gasteiger partial charge in [0.25, 0.3) is 5.22 Å². The van der Waals surface area contributed by atoms with Crippen LogP contribution in [0.25, 0.3) is 6.08 Å². The van der Waals surface area contributed by atoms with Crippen molar-refractivity contribution < 1.29 is 14.3 Å². The van der Waals surface area contributed by atoms with Gasteiger partial charge in [0.15, 0.2) is 0 Å². The molecule has 0 aliphatic carbocycles. The minimum absolute atomic E-state index is 0.0377. The van der Waals surface area contributed by atoms with E-state index >= 15 is 0 Å². The Morgan fingerprint density at radius 2 is 2.04 bits per heavy atom. The highest BCUT2D eigenvalue weighted by Crippen LogP contribution is 2.29. The first-order valence-corrected chi connectivity index (χ1v) is 8.61. The molecule has 1 aromatic heterocycles. The Balaban J connectivity index is 1.84. The van der Waals surface area contributed by atoms with E-state index in [1.54, 1.807) is 13.0 Å². The van der Waals surface area contributed by atoms with Gasteiger partial charge in [-0.15, -0.1) is 10.2 Å². The van der Waals surface area contributed by atoms with Gasteiger partial charge in [0.2, 0.25) is 5.89 Å². The minimum atomic E-state index is -1.26. The Labute approximate surface area is 144 Å². The second-order valence-electron chi connectivity index (χ2n) is 5.72. The van der Waals surface area contributed by atoms with E-state index in [0.29, 0.717) is 5.89 Å². The maximum absolute atomic E-state index is 11.4. The molecule has 2 aromatic rings. The van der Waals surface area contributed by atoms with Crippen molar-refractivity contribution in [3.8, 4) is 0 Å². The number of hydrogen-bond acceptors (Lipinski definition) is 7. The van der Waals surface area contributed by atoms with E-state index < -0.39 is 5.97 Å². The van der Waals surface area contributed by atoms with Gasteiger partial charge in [0.1, 0.15) is 0 Å². The van der Waals surface area contributed by atoms with Crippen LogP contribution in [0, 0.1) is 13.8 Å². The van der Waals surface area contributed by atoms with Crippen molar-refractivity contribution in [1.82, 2.24) is 10.2 Å². The summed E-state index contributed by atoms with van der Waals surface area (Å²) in [6.07, 6.45) is 4.02. The van der Waals surface area contributed by atoms with Crippen LogP contribution < -0.4 is 10.0 Å². The van der Waals surface area contributed by atoms with Gasteiger partial charge in [-0.25, -0.2) is 0 Å². The smallest absolute Gasteiger partial charge is 0.281 e. The van der Waals surface area contributed by atoms with Crippen LogP contribution in [0.15, 0.2) is 32.7 Å². The summed E-state index contributed by atoms with van der Waals surface area (Å²) in [5.41, 5.74) is 3.03. The average Bonchev–Trinajstić information content (AvgIpc) is 3.20. The van der Waals surface area contributed by atoms with Gasteiger partial charge >= 0.3 is 0 Å². The summed E-state index contributed by atoms with van der Waals surface area (Å²) in [7, 11) is 0. The molecule has 1 aliphatic heterocycles. The molecule has 0 radical (unpaired) electrons. The largest absolute Gasteiger partial charge is 0.544 e. The maximum atomic E-state index is 11.4. The molecule has 1 fully saturated rings. The number of aromatic nitrogens is 2. The van der Waals surface area contributed by atoms with Crippen molar-refractivity contribution in [2.45, 2.75) is 31.9 Å². The summed E-state index contributed by atoms with van der Waals surface area (Å²) >= 11 is 0.899. The maximum Gasteiger partial charge on any atom is 0.281 e. The van der Waals surface area contributed by atoms with E-state index in [-0.39, 0.29) is 10.1 Å². The highest BCUT2D eigenvalue weighted by Gasteiger charge is 2.14. The number of benzene rings is 1. The summed E-state index contributed by atoms with van der Waals surface area (Å²) in [6.45, 7) is 5.77. The number of aryl methyl sites for hydroxylation is 2. The number of thioether (sulfide) groups is 1. The fourth-order valence-electron chi connectivity index (χ4n) is 2.68. The zero-order chi connectivity index (χ0) is 17.1. The summed E-state index contributed by atoms with van der Waals surface area (Å²) in [5, 5.41) is 19.1. The summed E-state index contributed by atoms with van der Waals surface area (Å²) < 4.78 is 5.22. The van der Waals surface area contributed by atoms with Crippen molar-refractivity contribution in [1.29, 1.82) is 0 Å². The highest BCUT2D eigenvalue weighted by atomic mass is 32.2. The lowest BCUT2D eigenvalue weighted by Gasteiger charge is -2.19. The zero-order valence-corrected chi connectivity index (χ0v) is 14.4. The standard InChI is InChI=1S/C17H19N3O3S/c1-11-9-14(20-7-3-4-8-20)6-5-13(11)10-15(16(21)22)24-17-19-18-12(2)23-17/h5-6,9-10H,3-4,7-8H2,1-2H3,(H,21,22)/p-1/b15-10+. The Hall–Kier alpha value is -2.28. The second kappa shape index (κ2) is 7.09. The van der Waals surface area contributed by atoms with E-state index in [1.807, 2.05) is 19.1 Å². The summed E-state index contributed by atoms with van der Waals surface area (Å²) in [5.74, 6) is -0.875. The Morgan fingerprint density at radius 3 is 2.62 bits per heavy atom. The van der Waals surface area contributed by atoms with E-state index in [2.05, 4.69) is 21.2 Å². The third kappa shape index (κ3) is 3.79. The number of anilines is 1. The van der Waals surface area contributed by atoms with Crippen molar-refractivity contribution >= 4 is 29.5 Å². The van der Waals surface area contributed by atoms with Crippen molar-refractivity contribution in [2.24, 2.45) is 0 Å². The van der Waals surface area contributed by atoms with Gasteiger partial charge < -0.3 is 19.2 Å². The Kier molecular flexibility index (Phi) is 4.89. The average molecular weight is 344 g/mol. The minimum Gasteiger partial charge on any atom is -0.544 e. The van der Waals surface area contributed by atoms with Gasteiger partial charge in [-0.05, 0) is 60.9 Å². The predicted octanol–water partition coefficient (Wildman–Crippen LogP) is 2.17. The molecular formula is C17H18N3O3S-. The van der Waals surface area contributed by atoms with Crippen LogP contribution in [0.5, 0.6) is 0 Å². The first-order valence-electron chi connectivity index (χ1n) is 7.79. The van der Waals surface area contributed by atoms with E-state index in [1.165, 1.54) is 18.5 Å². The number of nitrogens with zero attached hydrogens (tertiary/aromatic N) is 3. The molecule has 2 heterocycles. The number of carboxylic acid groups (broad SMARTS) is 1. The van der Waals surface area contributed by atoms with Crippen LogP contribution in [0.2, 0.25) is 0 Å². The molecule has 0 unspecified atom stereocenters. The van der Waals surface area contributed by atoms with E-state index in [9.17, 15) is 9.90 Å². The van der Waals surface area contributed by atoms with Gasteiger partial charge in [0, 0.05) is 30.6 Å². The van der Waals surface area contributed by atoms with Gasteiger partial charge in [0.05, 0.1) is 5.97 Å². The molecule has 1 aromatic carbocycles. The molecule has 126 valence electrons. The molecule has 0 saturated carbocycles. The number of aliphatic carboxylic acids is 1. The predicted molar refractivity (Wildman–Crippen MR) is 90.5 cm³/mol. The molecule has 0 amide bonds. The molecule has 24 heavy (non-hydrogen) atoms. The number of carboxylic acids is 1. The number of carbonyl (C=O) groups excluding carboxylic acids is 1. The lowest BCUT2D eigenvalue weighted by Crippen LogP contribution is -2.23. The molecule has 1 aliphatic rings. The molecule has 0 N–H and O–H groups in total. The fourth-order valence-corrected chi connectivity index (χ4v) is 3.38. The van der Waals surface area contributed by atoms with Crippen molar-refractivity contribution in [3.05, 3.63) is 40.1 Å². The highest BCUT2D eigenvalue weighted by molar-refractivity contribution is 8.03. The van der Waals surface area contributed by atoms with Crippen LogP contribution in [0.1, 0.15) is 29.9 Å². The van der Waals surface area contributed by atoms with Gasteiger partial charge in [-0.1, -0.05) is 6.07 Å². The number of hydrogen-bond donors (Lipinski definition) is 0. The third-order valence-corrected chi connectivity index (χ3v) is 4.76. The van der Waals surface area contributed by atoms with Crippen LogP contribution in [0.3, 0.4) is 0 Å². The van der Waals surface area contributed by atoms with E-state index in [0.717, 1.165) is 36.0 Å². The van der Waals surface area contributed by atoms with Crippen LogP contribution in [0.4, 0.5) is 5.69 Å². The number of carbonyl (C=O) groups is 1. The fraction of sp³-hybridized carbons (Fsp3) is 0.353. The van der Waals surface area contributed by atoms with Crippen LogP contribution in [-0.4, -0.2) is 29.3 Å². The third-order valence-electron chi connectivity index (χ3n) is 3.92. The van der Waals surface area contributed by atoms with Crippen LogP contribution in [-0.2, 0) is 4.79 Å². The monoisotopic (exact) mass is 344 g/mol. The second-order valence-corrected chi connectivity index (χ2v) is 6.71. The molecule has 0 spiro atoms. The molecule has 3 rings (SSSR count). The summed E-state index contributed by atoms with van der Waals surface area (Å²) in [6, 6.07) is 6.05. The molecule has 6 nitrogen and oxygen atoms in total. The summed E-state index contributed by atoms with van der Waals surface area (Å²) in [4.78, 5) is 13.8. The first-order chi connectivity index (χ1) is 11.5. The first kappa shape index (κ1) is 16.6. The van der Waals surface area contributed by atoms with Gasteiger partial charge in [-0.2, -0.15) is 0 Å². The lowest BCUT2D eigenvalue weighted by atomic mass is 10.1.